The van der Waals surface area contributed by atoms with Crippen LogP contribution in [0.25, 0.3) is 10.9 Å². The molecule has 2 N–H and O–H groups in total. The lowest BCUT2D eigenvalue weighted by Crippen LogP contribution is -2.41. The first-order chi connectivity index (χ1) is 18.8. The molecule has 0 aliphatic carbocycles. The van der Waals surface area contributed by atoms with E-state index >= 15 is 0 Å². The molecule has 1 aromatic heterocycles. The highest BCUT2D eigenvalue weighted by Crippen LogP contribution is 2.27. The minimum Gasteiger partial charge on any atom is -0.352 e. The molecular formula is C30H40N4O4S. The number of fused-ring (bicyclic) bond motifs is 1. The highest BCUT2D eigenvalue weighted by Gasteiger charge is 2.31. The van der Waals surface area contributed by atoms with Crippen LogP contribution in [-0.4, -0.2) is 60.7 Å². The van der Waals surface area contributed by atoms with Crippen molar-refractivity contribution in [3.8, 4) is 0 Å². The number of H-pyrrole nitrogens is 1. The summed E-state index contributed by atoms with van der Waals surface area (Å²) in [6, 6.07) is 16.1. The molecule has 0 spiro atoms. The fourth-order valence-corrected chi connectivity index (χ4v) is 6.96. The summed E-state index contributed by atoms with van der Waals surface area (Å²) in [6.45, 7) is 7.73. The van der Waals surface area contributed by atoms with Crippen LogP contribution in [0.5, 0.6) is 0 Å². The number of pyridine rings is 1. The monoisotopic (exact) mass is 552 g/mol. The van der Waals surface area contributed by atoms with Crippen LogP contribution >= 0.6 is 0 Å². The number of amides is 1. The molecule has 2 aromatic carbocycles. The van der Waals surface area contributed by atoms with Gasteiger partial charge in [-0.1, -0.05) is 50.1 Å². The molecule has 1 atom stereocenters. The molecule has 0 unspecified atom stereocenters. The molecule has 1 amide bonds. The van der Waals surface area contributed by atoms with Crippen molar-refractivity contribution >= 4 is 26.8 Å². The summed E-state index contributed by atoms with van der Waals surface area (Å²) in [5.41, 5.74) is 1.48. The van der Waals surface area contributed by atoms with Gasteiger partial charge in [-0.25, -0.2) is 8.42 Å². The molecule has 9 heteroatoms. The number of hydrogen-bond acceptors (Lipinski definition) is 5. The van der Waals surface area contributed by atoms with Gasteiger partial charge in [-0.15, -0.1) is 0 Å². The number of hydrogen-bond donors (Lipinski definition) is 2. The van der Waals surface area contributed by atoms with Gasteiger partial charge in [0.15, 0.2) is 0 Å². The SMILES string of the molecule is CCCCN(CCCNC(=O)c1cc(=O)[nH]c2ccc(S(=O)(=O)N3CCCC[C@H]3C)cc12)Cc1ccccc1. The number of carbonyl (C=O) groups is 1. The number of sulfonamides is 1. The van der Waals surface area contributed by atoms with Crippen molar-refractivity contribution in [1.29, 1.82) is 0 Å². The van der Waals surface area contributed by atoms with E-state index in [9.17, 15) is 18.0 Å². The van der Waals surface area contributed by atoms with Gasteiger partial charge in [0, 0.05) is 49.2 Å². The zero-order valence-electron chi connectivity index (χ0n) is 23.0. The first-order valence-corrected chi connectivity index (χ1v) is 15.5. The lowest BCUT2D eigenvalue weighted by Gasteiger charge is -2.32. The third kappa shape index (κ3) is 7.35. The Morgan fingerprint density at radius 3 is 2.59 bits per heavy atom. The van der Waals surface area contributed by atoms with E-state index in [1.807, 2.05) is 25.1 Å². The molecule has 4 rings (SSSR count). The topological polar surface area (TPSA) is 103 Å². The Morgan fingerprint density at radius 2 is 1.85 bits per heavy atom. The van der Waals surface area contributed by atoms with Crippen LogP contribution in [0.3, 0.4) is 0 Å². The second-order valence-electron chi connectivity index (χ2n) is 10.4. The van der Waals surface area contributed by atoms with Crippen molar-refractivity contribution in [2.24, 2.45) is 0 Å². The van der Waals surface area contributed by atoms with Gasteiger partial charge in [0.25, 0.3) is 5.91 Å². The first-order valence-electron chi connectivity index (χ1n) is 14.0. The Hall–Kier alpha value is -3.01. The summed E-state index contributed by atoms with van der Waals surface area (Å²) in [7, 11) is -3.72. The average molecular weight is 553 g/mol. The largest absolute Gasteiger partial charge is 0.352 e. The maximum atomic E-state index is 13.4. The van der Waals surface area contributed by atoms with Gasteiger partial charge in [0.2, 0.25) is 15.6 Å². The summed E-state index contributed by atoms with van der Waals surface area (Å²) in [5.74, 6) is -0.379. The number of unbranched alkanes of at least 4 members (excludes halogenated alkanes) is 1. The number of nitrogens with zero attached hydrogens (tertiary/aromatic N) is 2. The Bertz CT molecular complexity index is 1420. The van der Waals surface area contributed by atoms with E-state index in [0.717, 1.165) is 58.2 Å². The van der Waals surface area contributed by atoms with Crippen molar-refractivity contribution < 1.29 is 13.2 Å². The molecule has 8 nitrogen and oxygen atoms in total. The molecule has 1 saturated heterocycles. The zero-order chi connectivity index (χ0) is 27.8. The quantitative estimate of drug-likeness (QED) is 0.322. The maximum absolute atomic E-state index is 13.4. The van der Waals surface area contributed by atoms with Crippen LogP contribution in [0.1, 0.15) is 68.3 Å². The van der Waals surface area contributed by atoms with Crippen molar-refractivity contribution in [3.05, 3.63) is 76.1 Å². The Labute approximate surface area is 231 Å². The van der Waals surface area contributed by atoms with Gasteiger partial charge in [-0.3, -0.25) is 14.5 Å². The predicted molar refractivity (Wildman–Crippen MR) is 155 cm³/mol. The molecule has 1 fully saturated rings. The minimum absolute atomic E-state index is 0.0726. The van der Waals surface area contributed by atoms with Gasteiger partial charge in [0.1, 0.15) is 0 Å². The molecule has 0 bridgehead atoms. The second-order valence-corrected chi connectivity index (χ2v) is 12.3. The van der Waals surface area contributed by atoms with E-state index in [1.165, 1.54) is 23.8 Å². The third-order valence-corrected chi connectivity index (χ3v) is 9.43. The minimum atomic E-state index is -3.72. The van der Waals surface area contributed by atoms with Gasteiger partial charge < -0.3 is 10.3 Å². The maximum Gasteiger partial charge on any atom is 0.252 e. The molecule has 2 heterocycles. The zero-order valence-corrected chi connectivity index (χ0v) is 23.8. The van der Waals surface area contributed by atoms with E-state index in [0.29, 0.717) is 24.0 Å². The number of piperidine rings is 1. The molecule has 210 valence electrons. The van der Waals surface area contributed by atoms with Crippen LogP contribution < -0.4 is 10.9 Å². The lowest BCUT2D eigenvalue weighted by molar-refractivity contribution is 0.0952. The molecule has 0 saturated carbocycles. The number of aromatic nitrogens is 1. The van der Waals surface area contributed by atoms with Gasteiger partial charge in [-0.05, 0) is 62.9 Å². The van der Waals surface area contributed by atoms with E-state index in [1.54, 1.807) is 10.4 Å². The van der Waals surface area contributed by atoms with Crippen molar-refractivity contribution in [1.82, 2.24) is 19.5 Å². The van der Waals surface area contributed by atoms with Gasteiger partial charge >= 0.3 is 0 Å². The third-order valence-electron chi connectivity index (χ3n) is 7.42. The van der Waals surface area contributed by atoms with Crippen LogP contribution in [0.15, 0.2) is 64.3 Å². The average Bonchev–Trinajstić information content (AvgIpc) is 2.93. The fourth-order valence-electron chi connectivity index (χ4n) is 5.24. The Balaban J connectivity index is 1.46. The van der Waals surface area contributed by atoms with Crippen LogP contribution in [0.4, 0.5) is 0 Å². The van der Waals surface area contributed by atoms with E-state index < -0.39 is 15.6 Å². The van der Waals surface area contributed by atoms with Crippen LogP contribution in [-0.2, 0) is 16.6 Å². The standard InChI is InChI=1S/C30H40N4O4S/c1-3-4-17-33(22-24-12-6-5-7-13-24)18-10-16-31-30(36)27-21-29(35)32-28-15-14-25(20-26(27)28)39(37,38)34-19-9-8-11-23(34)2/h5-7,12-15,20-21,23H,3-4,8-11,16-19,22H2,1-2H3,(H,31,36)(H,32,35)/t23-/m1/s1. The number of rotatable bonds is 12. The number of carbonyl (C=O) groups excluding carboxylic acids is 1. The predicted octanol–water partition coefficient (Wildman–Crippen LogP) is 4.51. The summed E-state index contributed by atoms with van der Waals surface area (Å²) >= 11 is 0. The normalized spacial score (nSPS) is 16.5. The summed E-state index contributed by atoms with van der Waals surface area (Å²) in [5, 5.41) is 3.37. The summed E-state index contributed by atoms with van der Waals surface area (Å²) < 4.78 is 28.4. The molecule has 3 aromatic rings. The fraction of sp³-hybridized carbons (Fsp3) is 0.467. The van der Waals surface area contributed by atoms with E-state index in [-0.39, 0.29) is 22.4 Å². The second kappa shape index (κ2) is 13.4. The highest BCUT2D eigenvalue weighted by atomic mass is 32.2. The number of benzene rings is 2. The van der Waals surface area contributed by atoms with Crippen molar-refractivity contribution in [2.45, 2.75) is 69.9 Å². The van der Waals surface area contributed by atoms with Gasteiger partial charge in [-0.2, -0.15) is 4.31 Å². The van der Waals surface area contributed by atoms with Crippen molar-refractivity contribution in [3.63, 3.8) is 0 Å². The Kier molecular flexibility index (Phi) is 9.94. The summed E-state index contributed by atoms with van der Waals surface area (Å²) in [4.78, 5) is 30.8. The van der Waals surface area contributed by atoms with Crippen molar-refractivity contribution in [2.75, 3.05) is 26.2 Å². The van der Waals surface area contributed by atoms with Crippen LogP contribution in [0.2, 0.25) is 0 Å². The number of nitrogens with one attached hydrogen (secondary N) is 2. The lowest BCUT2D eigenvalue weighted by atomic mass is 10.1. The molecular weight excluding hydrogens is 512 g/mol. The van der Waals surface area contributed by atoms with Crippen LogP contribution in [0, 0.1) is 0 Å². The highest BCUT2D eigenvalue weighted by molar-refractivity contribution is 7.89. The molecule has 1 aliphatic heterocycles. The Morgan fingerprint density at radius 1 is 1.08 bits per heavy atom. The first kappa shape index (κ1) is 29.0. The molecule has 0 radical (unpaired) electrons. The molecule has 39 heavy (non-hydrogen) atoms. The van der Waals surface area contributed by atoms with E-state index in [4.69, 9.17) is 0 Å². The molecule has 1 aliphatic rings. The smallest absolute Gasteiger partial charge is 0.252 e. The van der Waals surface area contributed by atoms with Gasteiger partial charge in [0.05, 0.1) is 10.5 Å². The summed E-state index contributed by atoms with van der Waals surface area (Å²) in [6.07, 6.45) is 5.66. The van der Waals surface area contributed by atoms with E-state index in [2.05, 4.69) is 34.3 Å². The number of aromatic amines is 1.